The molecule has 0 saturated carbocycles. The summed E-state index contributed by atoms with van der Waals surface area (Å²) in [6, 6.07) is 9.97. The summed E-state index contributed by atoms with van der Waals surface area (Å²) in [6.45, 7) is 5.18. The first-order valence-electron chi connectivity index (χ1n) is 10.0. The predicted octanol–water partition coefficient (Wildman–Crippen LogP) is 4.26. The van der Waals surface area contributed by atoms with E-state index in [2.05, 4.69) is 24.0 Å². The smallest absolute Gasteiger partial charge is 0.127 e. The van der Waals surface area contributed by atoms with Gasteiger partial charge in [0.05, 0.1) is 17.3 Å². The molecule has 2 atom stereocenters. The van der Waals surface area contributed by atoms with E-state index in [-0.39, 0.29) is 5.54 Å². The van der Waals surface area contributed by atoms with Crippen LogP contribution in [0.25, 0.3) is 0 Å². The molecule has 2 fully saturated rings. The number of hydrogen-bond acceptors (Lipinski definition) is 4. The summed E-state index contributed by atoms with van der Waals surface area (Å²) in [5.41, 5.74) is 3.86. The third-order valence-electron chi connectivity index (χ3n) is 6.27. The number of dihydropyridines is 1. The van der Waals surface area contributed by atoms with Gasteiger partial charge in [-0.15, -0.1) is 0 Å². The summed E-state index contributed by atoms with van der Waals surface area (Å²) in [7, 11) is 0. The van der Waals surface area contributed by atoms with Gasteiger partial charge in [0, 0.05) is 32.0 Å². The van der Waals surface area contributed by atoms with Crippen molar-refractivity contribution in [2.75, 3.05) is 19.7 Å². The molecule has 1 aliphatic carbocycles. The molecule has 0 N–H and O–H groups in total. The lowest BCUT2D eigenvalue weighted by Crippen LogP contribution is -2.50. The number of para-hydroxylation sites is 1. The van der Waals surface area contributed by atoms with Crippen LogP contribution in [-0.2, 0) is 4.74 Å². The first kappa shape index (κ1) is 17.0. The van der Waals surface area contributed by atoms with Crippen molar-refractivity contribution in [3.63, 3.8) is 0 Å². The van der Waals surface area contributed by atoms with Crippen LogP contribution in [0, 0.1) is 0 Å². The summed E-state index contributed by atoms with van der Waals surface area (Å²) in [5, 5.41) is 0. The Kier molecular flexibility index (Phi) is 4.25. The Morgan fingerprint density at radius 3 is 3.00 bits per heavy atom. The van der Waals surface area contributed by atoms with Crippen molar-refractivity contribution in [2.45, 2.75) is 44.2 Å². The van der Waals surface area contributed by atoms with E-state index < -0.39 is 0 Å². The van der Waals surface area contributed by atoms with Crippen molar-refractivity contribution < 1.29 is 9.47 Å². The van der Waals surface area contributed by atoms with E-state index in [9.17, 15) is 0 Å². The molecule has 1 spiro atoms. The van der Waals surface area contributed by atoms with Gasteiger partial charge in [-0.2, -0.15) is 0 Å². The largest absolute Gasteiger partial charge is 0.458 e. The maximum Gasteiger partial charge on any atom is 0.127 e. The Bertz CT molecular complexity index is 846. The van der Waals surface area contributed by atoms with Gasteiger partial charge in [-0.25, -0.2) is 0 Å². The van der Waals surface area contributed by atoms with Crippen LogP contribution in [0.3, 0.4) is 0 Å². The minimum absolute atomic E-state index is 0.103. The molecular formula is C23H26N2O2. The number of ether oxygens (including phenoxy) is 2. The highest BCUT2D eigenvalue weighted by Gasteiger charge is 2.51. The highest BCUT2D eigenvalue weighted by atomic mass is 16.5. The van der Waals surface area contributed by atoms with Gasteiger partial charge in [0.15, 0.2) is 0 Å². The zero-order valence-corrected chi connectivity index (χ0v) is 15.9. The Morgan fingerprint density at radius 2 is 2.19 bits per heavy atom. The number of allylic oxidation sites excluding steroid dienone is 2. The Labute approximate surface area is 160 Å². The van der Waals surface area contributed by atoms with Crippen LogP contribution in [0.4, 0.5) is 0 Å². The lowest BCUT2D eigenvalue weighted by atomic mass is 9.77. The quantitative estimate of drug-likeness (QED) is 0.802. The van der Waals surface area contributed by atoms with E-state index in [1.54, 1.807) is 0 Å². The fourth-order valence-corrected chi connectivity index (χ4v) is 4.96. The van der Waals surface area contributed by atoms with Crippen molar-refractivity contribution in [1.29, 1.82) is 0 Å². The molecule has 0 bridgehead atoms. The van der Waals surface area contributed by atoms with Crippen molar-refractivity contribution in [3.05, 3.63) is 65.1 Å². The second kappa shape index (κ2) is 6.77. The first-order chi connectivity index (χ1) is 13.3. The molecule has 1 aromatic rings. The van der Waals surface area contributed by atoms with E-state index in [4.69, 9.17) is 14.5 Å². The Balaban J connectivity index is 1.45. The average Bonchev–Trinajstić information content (AvgIpc) is 3.33. The fraction of sp³-hybridized carbons (Fsp3) is 0.435. The maximum atomic E-state index is 6.10. The molecule has 4 nitrogen and oxygen atoms in total. The molecule has 3 aliphatic heterocycles. The Morgan fingerprint density at radius 1 is 1.30 bits per heavy atom. The first-order valence-corrected chi connectivity index (χ1v) is 10.0. The van der Waals surface area contributed by atoms with Crippen LogP contribution in [0.2, 0.25) is 0 Å². The van der Waals surface area contributed by atoms with E-state index in [0.717, 1.165) is 49.7 Å². The SMILES string of the molecule is CC1=C2CCN(CC3CCCO3)C23CC=C(Oc2ccccc2)C=C3N=C1. The van der Waals surface area contributed by atoms with Crippen molar-refractivity contribution in [3.8, 4) is 5.75 Å². The molecule has 2 saturated heterocycles. The second-order valence-corrected chi connectivity index (χ2v) is 7.87. The van der Waals surface area contributed by atoms with Crippen LogP contribution in [-0.4, -0.2) is 42.5 Å². The molecule has 4 heteroatoms. The maximum absolute atomic E-state index is 6.10. The number of nitrogens with zero attached hydrogens (tertiary/aromatic N) is 2. The molecule has 4 aliphatic rings. The standard InChI is InChI=1S/C23H26N2O2/c1-17-15-24-22-14-19(27-18-6-3-2-4-7-18)9-11-23(22)21(17)10-12-25(23)16-20-8-5-13-26-20/h2-4,6-7,9,14-15,20H,5,8,10-13,16H2,1H3. The molecule has 2 unspecified atom stereocenters. The molecule has 0 aromatic heterocycles. The molecule has 3 heterocycles. The van der Waals surface area contributed by atoms with Gasteiger partial charge in [-0.1, -0.05) is 18.2 Å². The number of hydrogen-bond donors (Lipinski definition) is 0. The molecule has 140 valence electrons. The van der Waals surface area contributed by atoms with Crippen LogP contribution in [0.15, 0.2) is 70.1 Å². The normalized spacial score (nSPS) is 30.0. The van der Waals surface area contributed by atoms with Gasteiger partial charge in [-0.05, 0) is 62.0 Å². The lowest BCUT2D eigenvalue weighted by Gasteiger charge is -2.44. The van der Waals surface area contributed by atoms with E-state index in [0.29, 0.717) is 6.10 Å². The zero-order chi connectivity index (χ0) is 18.3. The minimum Gasteiger partial charge on any atom is -0.458 e. The van der Waals surface area contributed by atoms with E-state index in [1.165, 1.54) is 24.0 Å². The van der Waals surface area contributed by atoms with Crippen LogP contribution < -0.4 is 4.74 Å². The van der Waals surface area contributed by atoms with E-state index >= 15 is 0 Å². The van der Waals surface area contributed by atoms with Gasteiger partial charge in [0.2, 0.25) is 0 Å². The average molecular weight is 362 g/mol. The predicted molar refractivity (Wildman–Crippen MR) is 107 cm³/mol. The van der Waals surface area contributed by atoms with Crippen LogP contribution in [0.5, 0.6) is 5.75 Å². The highest BCUT2D eigenvalue weighted by Crippen LogP contribution is 2.49. The number of rotatable bonds is 4. The minimum atomic E-state index is -0.103. The monoisotopic (exact) mass is 362 g/mol. The van der Waals surface area contributed by atoms with Crippen molar-refractivity contribution in [2.24, 2.45) is 4.99 Å². The second-order valence-electron chi connectivity index (χ2n) is 7.87. The van der Waals surface area contributed by atoms with Crippen molar-refractivity contribution in [1.82, 2.24) is 4.90 Å². The summed E-state index contributed by atoms with van der Waals surface area (Å²) in [6.07, 6.45) is 11.1. The highest BCUT2D eigenvalue weighted by molar-refractivity contribution is 5.84. The zero-order valence-electron chi connectivity index (χ0n) is 15.9. The third kappa shape index (κ3) is 2.88. The Hall–Kier alpha value is -2.17. The van der Waals surface area contributed by atoms with Gasteiger partial charge in [0.25, 0.3) is 0 Å². The molecule has 0 amide bonds. The van der Waals surface area contributed by atoms with Gasteiger partial charge >= 0.3 is 0 Å². The molecular weight excluding hydrogens is 336 g/mol. The summed E-state index contributed by atoms with van der Waals surface area (Å²) in [4.78, 5) is 7.47. The van der Waals surface area contributed by atoms with E-state index in [1.807, 2.05) is 36.5 Å². The van der Waals surface area contributed by atoms with Crippen molar-refractivity contribution >= 4 is 6.21 Å². The number of likely N-dealkylation sites (tertiary alicyclic amines) is 1. The molecule has 1 aromatic carbocycles. The van der Waals surface area contributed by atoms with Gasteiger partial charge in [-0.3, -0.25) is 9.89 Å². The molecule has 27 heavy (non-hydrogen) atoms. The van der Waals surface area contributed by atoms with Crippen LogP contribution >= 0.6 is 0 Å². The third-order valence-corrected chi connectivity index (χ3v) is 6.27. The number of benzene rings is 1. The molecule has 0 radical (unpaired) electrons. The van der Waals surface area contributed by atoms with Gasteiger partial charge < -0.3 is 9.47 Å². The fourth-order valence-electron chi connectivity index (χ4n) is 4.96. The summed E-state index contributed by atoms with van der Waals surface area (Å²) in [5.74, 6) is 1.76. The summed E-state index contributed by atoms with van der Waals surface area (Å²) >= 11 is 0. The van der Waals surface area contributed by atoms with Gasteiger partial charge in [0.1, 0.15) is 11.5 Å². The topological polar surface area (TPSA) is 34.1 Å². The summed E-state index contributed by atoms with van der Waals surface area (Å²) < 4.78 is 12.0. The van der Waals surface area contributed by atoms with Crippen LogP contribution in [0.1, 0.15) is 32.6 Å². The number of aliphatic imine (C=N–C) groups is 1. The molecule has 5 rings (SSSR count). The lowest BCUT2D eigenvalue weighted by molar-refractivity contribution is 0.0558.